The summed E-state index contributed by atoms with van der Waals surface area (Å²) in [4.78, 5) is 13.7. The van der Waals surface area contributed by atoms with Crippen molar-refractivity contribution in [3.63, 3.8) is 0 Å². The van der Waals surface area contributed by atoms with Crippen molar-refractivity contribution >= 4 is 6.09 Å². The molecule has 124 valence electrons. The van der Waals surface area contributed by atoms with E-state index in [0.717, 1.165) is 32.6 Å². The van der Waals surface area contributed by atoms with Crippen molar-refractivity contribution in [2.24, 2.45) is 0 Å². The maximum Gasteiger partial charge on any atom is 0.410 e. The van der Waals surface area contributed by atoms with E-state index < -0.39 is 5.60 Å². The van der Waals surface area contributed by atoms with Crippen LogP contribution in [0.4, 0.5) is 4.79 Å². The predicted molar refractivity (Wildman–Crippen MR) is 86.6 cm³/mol. The fraction of sp³-hybridized carbons (Fsp3) is 0.938. The lowest BCUT2D eigenvalue weighted by Crippen LogP contribution is -2.42. The molecule has 0 radical (unpaired) electrons. The van der Waals surface area contributed by atoms with Gasteiger partial charge in [-0.15, -0.1) is 0 Å². The van der Waals surface area contributed by atoms with Crippen molar-refractivity contribution in [2.75, 3.05) is 32.7 Å². The van der Waals surface area contributed by atoms with Crippen molar-refractivity contribution < 1.29 is 9.53 Å². The molecule has 0 aromatic carbocycles. The molecular formula is C16H33N3O2. The van der Waals surface area contributed by atoms with Crippen LogP contribution in [0.15, 0.2) is 0 Å². The number of nitrogens with one attached hydrogen (secondary N) is 2. The molecule has 1 heterocycles. The van der Waals surface area contributed by atoms with E-state index in [1.165, 1.54) is 19.3 Å². The first-order valence-electron chi connectivity index (χ1n) is 8.34. The van der Waals surface area contributed by atoms with E-state index in [4.69, 9.17) is 4.74 Å². The molecule has 1 amide bonds. The van der Waals surface area contributed by atoms with E-state index in [1.807, 2.05) is 27.7 Å². The molecule has 1 rings (SSSR count). The molecule has 21 heavy (non-hydrogen) atoms. The monoisotopic (exact) mass is 299 g/mol. The van der Waals surface area contributed by atoms with E-state index in [0.29, 0.717) is 12.6 Å². The van der Waals surface area contributed by atoms with E-state index in [2.05, 4.69) is 10.6 Å². The van der Waals surface area contributed by atoms with Crippen LogP contribution in [0.5, 0.6) is 0 Å². The number of carbonyl (C=O) groups is 1. The summed E-state index contributed by atoms with van der Waals surface area (Å²) in [6.07, 6.45) is 4.66. The third kappa shape index (κ3) is 8.27. The molecule has 1 atom stereocenters. The average molecular weight is 299 g/mol. The van der Waals surface area contributed by atoms with Crippen LogP contribution in [0.25, 0.3) is 0 Å². The van der Waals surface area contributed by atoms with Crippen molar-refractivity contribution in [1.29, 1.82) is 0 Å². The van der Waals surface area contributed by atoms with Crippen molar-refractivity contribution in [1.82, 2.24) is 15.5 Å². The zero-order valence-electron chi connectivity index (χ0n) is 14.2. The summed E-state index contributed by atoms with van der Waals surface area (Å²) >= 11 is 0. The minimum Gasteiger partial charge on any atom is -0.444 e. The van der Waals surface area contributed by atoms with Gasteiger partial charge < -0.3 is 20.3 Å². The smallest absolute Gasteiger partial charge is 0.410 e. The summed E-state index contributed by atoms with van der Waals surface area (Å²) in [5.74, 6) is 0. The molecule has 1 aliphatic heterocycles. The molecule has 0 aliphatic carbocycles. The highest BCUT2D eigenvalue weighted by Crippen LogP contribution is 2.10. The zero-order chi connectivity index (χ0) is 15.7. The molecule has 5 heteroatoms. The summed E-state index contributed by atoms with van der Waals surface area (Å²) in [6, 6.07) is 0.617. The molecule has 5 nitrogen and oxygen atoms in total. The number of hydrogen-bond acceptors (Lipinski definition) is 4. The number of rotatable bonds is 7. The van der Waals surface area contributed by atoms with E-state index in [1.54, 1.807) is 4.90 Å². The largest absolute Gasteiger partial charge is 0.444 e. The number of ether oxygens (including phenoxy) is 1. The second kappa shape index (κ2) is 9.26. The lowest BCUT2D eigenvalue weighted by atomic mass is 10.1. The van der Waals surface area contributed by atoms with Crippen LogP contribution < -0.4 is 10.6 Å². The fourth-order valence-electron chi connectivity index (χ4n) is 2.47. The second-order valence-corrected chi connectivity index (χ2v) is 6.76. The van der Waals surface area contributed by atoms with Gasteiger partial charge in [0, 0.05) is 25.7 Å². The van der Waals surface area contributed by atoms with E-state index in [9.17, 15) is 4.79 Å². The Hall–Kier alpha value is -0.810. The SMILES string of the molecule is CCN(CCCNCC1CCCCN1)C(=O)OC(C)(C)C. The number of amides is 1. The van der Waals surface area contributed by atoms with Crippen LogP contribution >= 0.6 is 0 Å². The summed E-state index contributed by atoms with van der Waals surface area (Å²) < 4.78 is 5.40. The number of nitrogens with zero attached hydrogens (tertiary/aromatic N) is 1. The van der Waals surface area contributed by atoms with Gasteiger partial charge in [-0.2, -0.15) is 0 Å². The maximum atomic E-state index is 12.0. The lowest BCUT2D eigenvalue weighted by Gasteiger charge is -2.27. The molecule has 2 N–H and O–H groups in total. The Bertz CT molecular complexity index is 296. The molecule has 0 bridgehead atoms. The Morgan fingerprint density at radius 1 is 1.38 bits per heavy atom. The number of piperidine rings is 1. The summed E-state index contributed by atoms with van der Waals surface area (Å²) in [7, 11) is 0. The normalized spacial score (nSPS) is 19.3. The summed E-state index contributed by atoms with van der Waals surface area (Å²) in [5, 5.41) is 7.01. The summed E-state index contributed by atoms with van der Waals surface area (Å²) in [6.45, 7) is 12.2. The van der Waals surface area contributed by atoms with E-state index >= 15 is 0 Å². The Balaban J connectivity index is 2.12. The molecular weight excluding hydrogens is 266 g/mol. The van der Waals surface area contributed by atoms with Gasteiger partial charge in [-0.25, -0.2) is 4.79 Å². The van der Waals surface area contributed by atoms with Crippen LogP contribution in [-0.2, 0) is 4.74 Å². The van der Waals surface area contributed by atoms with Crippen LogP contribution in [0.2, 0.25) is 0 Å². The highest BCUT2D eigenvalue weighted by atomic mass is 16.6. The van der Waals surface area contributed by atoms with Gasteiger partial charge in [-0.3, -0.25) is 0 Å². The third-order valence-electron chi connectivity index (χ3n) is 3.62. The van der Waals surface area contributed by atoms with Gasteiger partial charge in [0.15, 0.2) is 0 Å². The number of hydrogen-bond donors (Lipinski definition) is 2. The molecule has 1 fully saturated rings. The van der Waals surface area contributed by atoms with Gasteiger partial charge in [-0.1, -0.05) is 6.42 Å². The Morgan fingerprint density at radius 2 is 2.14 bits per heavy atom. The van der Waals surface area contributed by atoms with Crippen molar-refractivity contribution in [3.05, 3.63) is 0 Å². The minimum atomic E-state index is -0.421. The number of carbonyl (C=O) groups excluding carboxylic acids is 1. The first-order valence-corrected chi connectivity index (χ1v) is 8.34. The minimum absolute atomic E-state index is 0.209. The highest BCUT2D eigenvalue weighted by Gasteiger charge is 2.20. The molecule has 0 spiro atoms. The Morgan fingerprint density at radius 3 is 2.71 bits per heavy atom. The van der Waals surface area contributed by atoms with Crippen LogP contribution in [-0.4, -0.2) is 55.4 Å². The van der Waals surface area contributed by atoms with Gasteiger partial charge >= 0.3 is 6.09 Å². The fourth-order valence-corrected chi connectivity index (χ4v) is 2.47. The van der Waals surface area contributed by atoms with Gasteiger partial charge in [0.05, 0.1) is 0 Å². The molecule has 1 aliphatic rings. The van der Waals surface area contributed by atoms with Crippen LogP contribution in [0.1, 0.15) is 53.4 Å². The van der Waals surface area contributed by atoms with Gasteiger partial charge in [0.25, 0.3) is 0 Å². The molecule has 1 saturated heterocycles. The second-order valence-electron chi connectivity index (χ2n) is 6.76. The van der Waals surface area contributed by atoms with Crippen molar-refractivity contribution in [2.45, 2.75) is 65.0 Å². The molecule has 0 aromatic heterocycles. The van der Waals surface area contributed by atoms with Gasteiger partial charge in [0.1, 0.15) is 5.60 Å². The van der Waals surface area contributed by atoms with Crippen molar-refractivity contribution in [3.8, 4) is 0 Å². The maximum absolute atomic E-state index is 12.0. The quantitative estimate of drug-likeness (QED) is 0.709. The lowest BCUT2D eigenvalue weighted by molar-refractivity contribution is 0.0258. The molecule has 0 aromatic rings. The average Bonchev–Trinajstić information content (AvgIpc) is 2.42. The molecule has 1 unspecified atom stereocenters. The third-order valence-corrected chi connectivity index (χ3v) is 3.62. The van der Waals surface area contributed by atoms with E-state index in [-0.39, 0.29) is 6.09 Å². The van der Waals surface area contributed by atoms with Gasteiger partial charge in [0.2, 0.25) is 0 Å². The summed E-state index contributed by atoms with van der Waals surface area (Å²) in [5.41, 5.74) is -0.421. The highest BCUT2D eigenvalue weighted by molar-refractivity contribution is 5.68. The Kier molecular flexibility index (Phi) is 8.04. The Labute approximate surface area is 129 Å². The van der Waals surface area contributed by atoms with Gasteiger partial charge in [-0.05, 0) is 60.0 Å². The topological polar surface area (TPSA) is 53.6 Å². The predicted octanol–water partition coefficient (Wildman–Crippen LogP) is 2.37. The van der Waals surface area contributed by atoms with Crippen LogP contribution in [0, 0.1) is 0 Å². The first-order chi connectivity index (χ1) is 9.92. The molecule has 0 saturated carbocycles. The zero-order valence-corrected chi connectivity index (χ0v) is 14.2. The van der Waals surface area contributed by atoms with Crippen LogP contribution in [0.3, 0.4) is 0 Å². The first kappa shape index (κ1) is 18.2. The standard InChI is InChI=1S/C16H33N3O2/c1-5-19(15(20)21-16(2,3)4)12-8-10-17-13-14-9-6-7-11-18-14/h14,17-18H,5-13H2,1-4H3.